The summed E-state index contributed by atoms with van der Waals surface area (Å²) in [5.74, 6) is -0.00267. The highest BCUT2D eigenvalue weighted by atomic mass is 32.1. The number of phenols is 1. The van der Waals surface area contributed by atoms with Gasteiger partial charge in [-0.2, -0.15) is 0 Å². The summed E-state index contributed by atoms with van der Waals surface area (Å²) in [6, 6.07) is 15.6. The van der Waals surface area contributed by atoms with Crippen LogP contribution in [0, 0.1) is 5.92 Å². The number of aromatic hydroxyl groups is 1. The predicted octanol–water partition coefficient (Wildman–Crippen LogP) is 5.08. The zero-order valence-electron chi connectivity index (χ0n) is 16.1. The number of benzene rings is 2. The summed E-state index contributed by atoms with van der Waals surface area (Å²) in [7, 11) is 0. The van der Waals surface area contributed by atoms with Crippen molar-refractivity contribution in [3.63, 3.8) is 0 Å². The number of amides is 2. The summed E-state index contributed by atoms with van der Waals surface area (Å²) in [4.78, 5) is 27.0. The maximum atomic E-state index is 13.2. The smallest absolute Gasteiger partial charge is 0.259 e. The third-order valence-corrected chi connectivity index (χ3v) is 6.32. The molecule has 0 bridgehead atoms. The van der Waals surface area contributed by atoms with Gasteiger partial charge in [0.1, 0.15) is 10.8 Å². The fraction of sp³-hybridized carbons (Fsp3) is 0.217. The Hall–Kier alpha value is -3.12. The first-order valence-electron chi connectivity index (χ1n) is 9.63. The average Bonchev–Trinajstić information content (AvgIpc) is 3.07. The first kappa shape index (κ1) is 19.2. The number of hydrogen-bond donors (Lipinski definition) is 3. The SMILES string of the molecule is C[C@H]1CCc2c(sc(NC(=O)c3ccccc3)c2C(=O)Nc2ccccc2O)C1. The summed E-state index contributed by atoms with van der Waals surface area (Å²) in [5.41, 5.74) is 2.40. The molecule has 1 aromatic heterocycles. The number of hydrogen-bond acceptors (Lipinski definition) is 4. The van der Waals surface area contributed by atoms with E-state index in [4.69, 9.17) is 0 Å². The highest BCUT2D eigenvalue weighted by molar-refractivity contribution is 7.17. The van der Waals surface area contributed by atoms with Crippen LogP contribution in [-0.4, -0.2) is 16.9 Å². The predicted molar refractivity (Wildman–Crippen MR) is 116 cm³/mol. The van der Waals surface area contributed by atoms with Crippen LogP contribution in [0.15, 0.2) is 54.6 Å². The number of phenolic OH excluding ortho intramolecular Hbond substituents is 1. The molecule has 148 valence electrons. The van der Waals surface area contributed by atoms with E-state index in [2.05, 4.69) is 17.6 Å². The lowest BCUT2D eigenvalue weighted by molar-refractivity contribution is 0.102. The summed E-state index contributed by atoms with van der Waals surface area (Å²) in [6.45, 7) is 2.20. The molecule has 3 aromatic rings. The highest BCUT2D eigenvalue weighted by Gasteiger charge is 2.28. The minimum absolute atomic E-state index is 0.00782. The molecule has 0 spiro atoms. The van der Waals surface area contributed by atoms with Gasteiger partial charge in [-0.15, -0.1) is 11.3 Å². The normalized spacial score (nSPS) is 15.4. The second-order valence-corrected chi connectivity index (χ2v) is 8.45. The molecule has 0 fully saturated rings. The van der Waals surface area contributed by atoms with Crippen molar-refractivity contribution in [1.82, 2.24) is 0 Å². The van der Waals surface area contributed by atoms with Gasteiger partial charge in [0.2, 0.25) is 0 Å². The molecule has 4 rings (SSSR count). The van der Waals surface area contributed by atoms with Crippen LogP contribution in [0.3, 0.4) is 0 Å². The van der Waals surface area contributed by atoms with Crippen LogP contribution in [0.1, 0.15) is 44.5 Å². The summed E-state index contributed by atoms with van der Waals surface area (Å²) in [5, 5.41) is 16.3. The minimum Gasteiger partial charge on any atom is -0.506 e. The molecule has 1 heterocycles. The third kappa shape index (κ3) is 4.03. The first-order valence-corrected chi connectivity index (χ1v) is 10.4. The molecule has 0 saturated heterocycles. The Morgan fingerprint density at radius 2 is 1.72 bits per heavy atom. The van der Waals surface area contributed by atoms with Crippen molar-refractivity contribution in [2.75, 3.05) is 10.6 Å². The van der Waals surface area contributed by atoms with Crippen molar-refractivity contribution in [2.24, 2.45) is 5.92 Å². The summed E-state index contributed by atoms with van der Waals surface area (Å²) < 4.78 is 0. The summed E-state index contributed by atoms with van der Waals surface area (Å²) in [6.07, 6.45) is 2.71. The molecule has 1 aliphatic rings. The lowest BCUT2D eigenvalue weighted by atomic mass is 9.88. The van der Waals surface area contributed by atoms with Crippen molar-refractivity contribution >= 4 is 33.8 Å². The molecule has 1 atom stereocenters. The molecule has 29 heavy (non-hydrogen) atoms. The zero-order valence-corrected chi connectivity index (χ0v) is 16.9. The molecular formula is C23H22N2O3S. The molecule has 2 amide bonds. The number of thiophene rings is 1. The quantitative estimate of drug-likeness (QED) is 0.529. The van der Waals surface area contributed by atoms with Gasteiger partial charge in [0.25, 0.3) is 11.8 Å². The van der Waals surface area contributed by atoms with Crippen LogP contribution in [0.5, 0.6) is 5.75 Å². The second-order valence-electron chi connectivity index (χ2n) is 7.35. The van der Waals surface area contributed by atoms with E-state index in [-0.39, 0.29) is 17.6 Å². The molecule has 2 aromatic carbocycles. The van der Waals surface area contributed by atoms with Gasteiger partial charge in [-0.25, -0.2) is 0 Å². The van der Waals surface area contributed by atoms with Gasteiger partial charge >= 0.3 is 0 Å². The molecular weight excluding hydrogens is 384 g/mol. The molecule has 0 saturated carbocycles. The topological polar surface area (TPSA) is 78.4 Å². The fourth-order valence-electron chi connectivity index (χ4n) is 3.61. The maximum Gasteiger partial charge on any atom is 0.259 e. The van der Waals surface area contributed by atoms with Crippen LogP contribution >= 0.6 is 11.3 Å². The van der Waals surface area contributed by atoms with Crippen molar-refractivity contribution in [3.8, 4) is 5.75 Å². The van der Waals surface area contributed by atoms with Gasteiger partial charge in [-0.1, -0.05) is 37.3 Å². The number of anilines is 2. The number of rotatable bonds is 4. The molecule has 0 aliphatic heterocycles. The Labute approximate surface area is 173 Å². The van der Waals surface area contributed by atoms with Gasteiger partial charge in [0.05, 0.1) is 11.3 Å². The van der Waals surface area contributed by atoms with Crippen molar-refractivity contribution in [1.29, 1.82) is 0 Å². The van der Waals surface area contributed by atoms with Crippen molar-refractivity contribution < 1.29 is 14.7 Å². The van der Waals surface area contributed by atoms with Crippen molar-refractivity contribution in [3.05, 3.63) is 76.2 Å². The molecule has 0 radical (unpaired) electrons. The van der Waals surface area contributed by atoms with E-state index in [0.717, 1.165) is 29.7 Å². The minimum atomic E-state index is -0.318. The van der Waals surface area contributed by atoms with E-state index in [1.54, 1.807) is 30.3 Å². The largest absolute Gasteiger partial charge is 0.506 e. The lowest BCUT2D eigenvalue weighted by Crippen LogP contribution is -2.19. The number of para-hydroxylation sites is 2. The van der Waals surface area contributed by atoms with E-state index in [9.17, 15) is 14.7 Å². The fourth-order valence-corrected chi connectivity index (χ4v) is 5.01. The van der Waals surface area contributed by atoms with Gasteiger partial charge < -0.3 is 15.7 Å². The van der Waals surface area contributed by atoms with E-state index < -0.39 is 0 Å². The van der Waals surface area contributed by atoms with Gasteiger partial charge in [-0.3, -0.25) is 9.59 Å². The van der Waals surface area contributed by atoms with E-state index >= 15 is 0 Å². The monoisotopic (exact) mass is 406 g/mol. The molecule has 3 N–H and O–H groups in total. The zero-order chi connectivity index (χ0) is 20.4. The molecule has 0 unspecified atom stereocenters. The Morgan fingerprint density at radius 1 is 1.00 bits per heavy atom. The molecule has 6 heteroatoms. The van der Waals surface area contributed by atoms with Crippen LogP contribution < -0.4 is 10.6 Å². The van der Waals surface area contributed by atoms with Crippen LogP contribution in [-0.2, 0) is 12.8 Å². The number of carbonyl (C=O) groups excluding carboxylic acids is 2. The first-order chi connectivity index (χ1) is 14.0. The highest BCUT2D eigenvalue weighted by Crippen LogP contribution is 2.40. The Kier molecular flexibility index (Phi) is 5.36. The number of carbonyl (C=O) groups is 2. The number of nitrogens with one attached hydrogen (secondary N) is 2. The Morgan fingerprint density at radius 3 is 2.48 bits per heavy atom. The Bertz CT molecular complexity index is 1060. The van der Waals surface area contributed by atoms with Crippen molar-refractivity contribution in [2.45, 2.75) is 26.2 Å². The van der Waals surface area contributed by atoms with Gasteiger partial charge in [-0.05, 0) is 55.0 Å². The third-order valence-electron chi connectivity index (χ3n) is 5.15. The molecule has 1 aliphatic carbocycles. The van der Waals surface area contributed by atoms with Gasteiger partial charge in [0, 0.05) is 10.4 Å². The summed E-state index contributed by atoms with van der Waals surface area (Å²) >= 11 is 1.48. The standard InChI is InChI=1S/C23H22N2O3S/c1-14-11-12-16-19(13-14)29-23(25-21(27)15-7-3-2-4-8-15)20(16)22(28)24-17-9-5-6-10-18(17)26/h2-10,14,26H,11-13H2,1H3,(H,24,28)(H,25,27)/t14-/m0/s1. The Balaban J connectivity index is 1.68. The van der Waals surface area contributed by atoms with Crippen LogP contribution in [0.2, 0.25) is 0 Å². The van der Waals surface area contributed by atoms with E-state index in [1.807, 2.05) is 18.2 Å². The van der Waals surface area contributed by atoms with E-state index in [0.29, 0.717) is 27.7 Å². The second kappa shape index (κ2) is 8.09. The number of fused-ring (bicyclic) bond motifs is 1. The molecule has 5 nitrogen and oxygen atoms in total. The van der Waals surface area contributed by atoms with Crippen LogP contribution in [0.25, 0.3) is 0 Å². The average molecular weight is 407 g/mol. The van der Waals surface area contributed by atoms with Gasteiger partial charge in [0.15, 0.2) is 0 Å². The lowest BCUT2D eigenvalue weighted by Gasteiger charge is -2.18. The maximum absolute atomic E-state index is 13.2. The van der Waals surface area contributed by atoms with E-state index in [1.165, 1.54) is 17.4 Å². The van der Waals surface area contributed by atoms with Crippen LogP contribution in [0.4, 0.5) is 10.7 Å².